The van der Waals surface area contributed by atoms with E-state index in [-0.39, 0.29) is 18.6 Å². The van der Waals surface area contributed by atoms with Crippen LogP contribution >= 0.6 is 0 Å². The number of carbonyl (C=O) groups excluding carboxylic acids is 1. The first-order chi connectivity index (χ1) is 15.7. The van der Waals surface area contributed by atoms with E-state index in [4.69, 9.17) is 9.47 Å². The average Bonchev–Trinajstić information content (AvgIpc) is 2.82. The number of rotatable bonds is 8. The van der Waals surface area contributed by atoms with Gasteiger partial charge in [-0.05, 0) is 55.7 Å². The van der Waals surface area contributed by atoms with Gasteiger partial charge in [0, 0.05) is 37.4 Å². The van der Waals surface area contributed by atoms with Crippen molar-refractivity contribution in [3.05, 3.63) is 84.6 Å². The van der Waals surface area contributed by atoms with E-state index in [9.17, 15) is 4.79 Å². The number of carbonyl (C=O) groups is 1. The lowest BCUT2D eigenvalue weighted by Crippen LogP contribution is -2.49. The number of pyridine rings is 1. The van der Waals surface area contributed by atoms with E-state index in [1.165, 1.54) is 5.56 Å². The van der Waals surface area contributed by atoms with Crippen molar-refractivity contribution in [3.63, 3.8) is 0 Å². The first-order valence-corrected chi connectivity index (χ1v) is 11.0. The Kier molecular flexibility index (Phi) is 7.35. The number of piperidine rings is 1. The van der Waals surface area contributed by atoms with Crippen molar-refractivity contribution in [2.24, 2.45) is 0 Å². The molecule has 0 aliphatic carbocycles. The van der Waals surface area contributed by atoms with Gasteiger partial charge < -0.3 is 14.8 Å². The molecule has 4 rings (SSSR count). The number of likely N-dealkylation sites (tertiary alicyclic amines) is 1. The minimum Gasteiger partial charge on any atom is -0.484 e. The number of aromatic nitrogens is 1. The van der Waals surface area contributed by atoms with E-state index in [2.05, 4.69) is 46.4 Å². The second-order valence-corrected chi connectivity index (χ2v) is 8.12. The molecule has 1 aliphatic rings. The third-order valence-electron chi connectivity index (χ3n) is 5.66. The molecular weight excluding hydrogens is 402 g/mol. The largest absolute Gasteiger partial charge is 0.484 e. The first kappa shape index (κ1) is 21.8. The van der Waals surface area contributed by atoms with E-state index >= 15 is 0 Å². The highest BCUT2D eigenvalue weighted by atomic mass is 16.5. The molecule has 0 unspecified atom stereocenters. The van der Waals surface area contributed by atoms with Crippen LogP contribution in [0.25, 0.3) is 0 Å². The van der Waals surface area contributed by atoms with Gasteiger partial charge in [0.25, 0.3) is 5.91 Å². The van der Waals surface area contributed by atoms with Gasteiger partial charge in [-0.25, -0.2) is 4.98 Å². The van der Waals surface area contributed by atoms with Gasteiger partial charge in [-0.3, -0.25) is 9.69 Å². The van der Waals surface area contributed by atoms with Gasteiger partial charge in [0.15, 0.2) is 6.61 Å². The van der Waals surface area contributed by atoms with E-state index < -0.39 is 0 Å². The molecule has 0 saturated carbocycles. The van der Waals surface area contributed by atoms with Crippen LogP contribution in [-0.2, 0) is 11.3 Å². The summed E-state index contributed by atoms with van der Waals surface area (Å²) >= 11 is 0. The van der Waals surface area contributed by atoms with Gasteiger partial charge in [-0.2, -0.15) is 0 Å². The molecule has 1 aliphatic heterocycles. The highest BCUT2D eigenvalue weighted by Gasteiger charge is 2.26. The van der Waals surface area contributed by atoms with E-state index in [0.29, 0.717) is 23.4 Å². The lowest BCUT2D eigenvalue weighted by molar-refractivity contribution is -0.124. The fourth-order valence-electron chi connectivity index (χ4n) is 3.95. The second-order valence-electron chi connectivity index (χ2n) is 8.12. The fraction of sp³-hybridized carbons (Fsp3) is 0.308. The zero-order chi connectivity index (χ0) is 22.2. The Hall–Kier alpha value is -3.38. The molecule has 0 radical (unpaired) electrons. The molecule has 1 N–H and O–H groups in total. The number of ether oxygens (including phenoxy) is 2. The monoisotopic (exact) mass is 431 g/mol. The van der Waals surface area contributed by atoms with Crippen LogP contribution < -0.4 is 14.8 Å². The van der Waals surface area contributed by atoms with E-state index in [1.807, 2.05) is 18.2 Å². The molecule has 32 heavy (non-hydrogen) atoms. The zero-order valence-corrected chi connectivity index (χ0v) is 18.3. The normalized spacial score (nSPS) is 18.7. The summed E-state index contributed by atoms with van der Waals surface area (Å²) in [6.45, 7) is 4.15. The summed E-state index contributed by atoms with van der Waals surface area (Å²) in [5, 5.41) is 3.12. The van der Waals surface area contributed by atoms with Crippen molar-refractivity contribution in [3.8, 4) is 17.4 Å². The van der Waals surface area contributed by atoms with Crippen molar-refractivity contribution in [1.82, 2.24) is 15.2 Å². The van der Waals surface area contributed by atoms with Crippen molar-refractivity contribution in [2.75, 3.05) is 13.2 Å². The van der Waals surface area contributed by atoms with Crippen LogP contribution in [0.15, 0.2) is 79.0 Å². The van der Waals surface area contributed by atoms with Crippen LogP contribution in [0, 0.1) is 0 Å². The molecule has 1 aromatic heterocycles. The van der Waals surface area contributed by atoms with Gasteiger partial charge in [0.1, 0.15) is 11.5 Å². The molecule has 6 nitrogen and oxygen atoms in total. The molecule has 1 amide bonds. The maximum atomic E-state index is 12.4. The minimum atomic E-state index is -0.0903. The molecule has 6 heteroatoms. The Balaban J connectivity index is 1.19. The van der Waals surface area contributed by atoms with Gasteiger partial charge in [-0.1, -0.05) is 36.4 Å². The molecule has 0 bridgehead atoms. The summed E-state index contributed by atoms with van der Waals surface area (Å²) in [7, 11) is 0. The van der Waals surface area contributed by atoms with Crippen molar-refractivity contribution < 1.29 is 14.3 Å². The Morgan fingerprint density at radius 2 is 1.78 bits per heavy atom. The number of amides is 1. The van der Waals surface area contributed by atoms with Crippen molar-refractivity contribution in [1.29, 1.82) is 0 Å². The molecule has 2 aromatic carbocycles. The SMILES string of the molecule is C[C@H]1C[C@H](NC(=O)COc2ccc(Oc3ccccn3)cc2)CCN1Cc1ccccc1. The molecule has 3 aromatic rings. The predicted octanol–water partition coefficient (Wildman–Crippen LogP) is 4.42. The van der Waals surface area contributed by atoms with Gasteiger partial charge >= 0.3 is 0 Å². The van der Waals surface area contributed by atoms with Crippen LogP contribution in [0.1, 0.15) is 25.3 Å². The lowest BCUT2D eigenvalue weighted by atomic mass is 9.97. The van der Waals surface area contributed by atoms with E-state index in [1.54, 1.807) is 36.5 Å². The Morgan fingerprint density at radius 1 is 1.03 bits per heavy atom. The maximum Gasteiger partial charge on any atom is 0.258 e. The van der Waals surface area contributed by atoms with E-state index in [0.717, 1.165) is 25.9 Å². The van der Waals surface area contributed by atoms with Gasteiger partial charge in [0.05, 0.1) is 0 Å². The summed E-state index contributed by atoms with van der Waals surface area (Å²) in [6, 6.07) is 23.8. The fourth-order valence-corrected chi connectivity index (χ4v) is 3.95. The molecule has 2 atom stereocenters. The Morgan fingerprint density at radius 3 is 2.50 bits per heavy atom. The maximum absolute atomic E-state index is 12.4. The number of hydrogen-bond donors (Lipinski definition) is 1. The van der Waals surface area contributed by atoms with Crippen molar-refractivity contribution in [2.45, 2.75) is 38.4 Å². The first-order valence-electron chi connectivity index (χ1n) is 11.0. The molecule has 1 fully saturated rings. The summed E-state index contributed by atoms with van der Waals surface area (Å²) < 4.78 is 11.3. The minimum absolute atomic E-state index is 0.000937. The third-order valence-corrected chi connectivity index (χ3v) is 5.66. The smallest absolute Gasteiger partial charge is 0.258 e. The molecular formula is C26H29N3O3. The standard InChI is InChI=1S/C26H29N3O3/c1-20-17-22(14-16-29(20)18-21-7-3-2-4-8-21)28-25(30)19-31-23-10-12-24(13-11-23)32-26-9-5-6-15-27-26/h2-13,15,20,22H,14,16-19H2,1H3,(H,28,30)/t20-,22+/m0/s1. The zero-order valence-electron chi connectivity index (χ0n) is 18.3. The number of hydrogen-bond acceptors (Lipinski definition) is 5. The predicted molar refractivity (Wildman–Crippen MR) is 124 cm³/mol. The third kappa shape index (κ3) is 6.31. The summed E-state index contributed by atoms with van der Waals surface area (Å²) in [4.78, 5) is 19.0. The van der Waals surface area contributed by atoms with Gasteiger partial charge in [0.2, 0.25) is 5.88 Å². The van der Waals surface area contributed by atoms with Crippen LogP contribution in [-0.4, -0.2) is 41.0 Å². The average molecular weight is 432 g/mol. The summed E-state index contributed by atoms with van der Waals surface area (Å²) in [5.74, 6) is 1.73. The van der Waals surface area contributed by atoms with Crippen LogP contribution in [0.3, 0.4) is 0 Å². The summed E-state index contributed by atoms with van der Waals surface area (Å²) in [6.07, 6.45) is 3.57. The molecule has 166 valence electrons. The number of nitrogens with one attached hydrogen (secondary N) is 1. The Labute approximate surface area is 189 Å². The van der Waals surface area contributed by atoms with Crippen molar-refractivity contribution >= 4 is 5.91 Å². The quantitative estimate of drug-likeness (QED) is 0.572. The lowest BCUT2D eigenvalue weighted by Gasteiger charge is -2.38. The Bertz CT molecular complexity index is 980. The molecule has 0 spiro atoms. The van der Waals surface area contributed by atoms with Crippen LogP contribution in [0.5, 0.6) is 17.4 Å². The topological polar surface area (TPSA) is 63.7 Å². The highest BCUT2D eigenvalue weighted by Crippen LogP contribution is 2.22. The number of benzene rings is 2. The second kappa shape index (κ2) is 10.8. The highest BCUT2D eigenvalue weighted by molar-refractivity contribution is 5.77. The molecule has 2 heterocycles. The molecule has 1 saturated heterocycles. The summed E-state index contributed by atoms with van der Waals surface area (Å²) in [5.41, 5.74) is 1.33. The van der Waals surface area contributed by atoms with Crippen LogP contribution in [0.4, 0.5) is 0 Å². The number of nitrogens with zero attached hydrogens (tertiary/aromatic N) is 2. The van der Waals surface area contributed by atoms with Crippen LogP contribution in [0.2, 0.25) is 0 Å². The van der Waals surface area contributed by atoms with Gasteiger partial charge in [-0.15, -0.1) is 0 Å².